The molecule has 2 heterocycles. The highest BCUT2D eigenvalue weighted by Gasteiger charge is 2.19. The molecule has 1 aliphatic rings. The van der Waals surface area contributed by atoms with Gasteiger partial charge in [0.15, 0.2) is 0 Å². The molecule has 4 heteroatoms. The van der Waals surface area contributed by atoms with Crippen LogP contribution in [0.1, 0.15) is 31.3 Å². The monoisotopic (exact) mass is 154 g/mol. The lowest BCUT2D eigenvalue weighted by Crippen LogP contribution is -2.11. The fraction of sp³-hybridized carbons (Fsp3) is 0.714. The summed E-state index contributed by atoms with van der Waals surface area (Å²) in [5, 5.41) is 7.40. The summed E-state index contributed by atoms with van der Waals surface area (Å²) in [6.45, 7) is 0.813. The molecule has 1 aromatic rings. The van der Waals surface area contributed by atoms with Crippen molar-refractivity contribution in [2.75, 3.05) is 6.61 Å². The topological polar surface area (TPSA) is 48.2 Å². The molecule has 0 aliphatic carbocycles. The molecule has 1 aromatic heterocycles. The molecule has 60 valence electrons. The minimum absolute atomic E-state index is 0.0475. The van der Waals surface area contributed by atoms with Crippen molar-refractivity contribution in [3.63, 3.8) is 0 Å². The van der Waals surface area contributed by atoms with Crippen LogP contribution < -0.4 is 0 Å². The molecule has 2 rings (SSSR count). The highest BCUT2D eigenvalue weighted by Crippen LogP contribution is 2.25. The minimum Gasteiger partial charge on any atom is -0.425 e. The van der Waals surface area contributed by atoms with Gasteiger partial charge in [-0.15, -0.1) is 10.2 Å². The number of hydrogen-bond acceptors (Lipinski definition) is 4. The smallest absolute Gasteiger partial charge is 0.244 e. The molecule has 0 radical (unpaired) electrons. The third-order valence-corrected chi connectivity index (χ3v) is 1.83. The summed E-state index contributed by atoms with van der Waals surface area (Å²) >= 11 is 0. The Morgan fingerprint density at radius 2 is 2.45 bits per heavy atom. The quantitative estimate of drug-likeness (QED) is 0.612. The Labute approximate surface area is 64.6 Å². The number of aromatic nitrogens is 2. The van der Waals surface area contributed by atoms with Crippen molar-refractivity contribution in [1.29, 1.82) is 0 Å². The van der Waals surface area contributed by atoms with Gasteiger partial charge in [0.2, 0.25) is 12.3 Å². The highest BCUT2D eigenvalue weighted by atomic mass is 16.5. The lowest BCUT2D eigenvalue weighted by atomic mass is 10.1. The van der Waals surface area contributed by atoms with E-state index in [1.807, 2.05) is 0 Å². The number of hydrogen-bond donors (Lipinski definition) is 0. The van der Waals surface area contributed by atoms with Crippen molar-refractivity contribution in [3.05, 3.63) is 12.3 Å². The molecule has 0 N–H and O–H groups in total. The van der Waals surface area contributed by atoms with Gasteiger partial charge in [-0.3, -0.25) is 0 Å². The summed E-state index contributed by atoms with van der Waals surface area (Å²) in [4.78, 5) is 0. The fourth-order valence-electron chi connectivity index (χ4n) is 1.26. The van der Waals surface area contributed by atoms with Gasteiger partial charge >= 0.3 is 0 Å². The van der Waals surface area contributed by atoms with Crippen LogP contribution in [0.15, 0.2) is 10.8 Å². The second kappa shape index (κ2) is 3.00. The van der Waals surface area contributed by atoms with E-state index >= 15 is 0 Å². The van der Waals surface area contributed by atoms with E-state index in [-0.39, 0.29) is 6.10 Å². The fourth-order valence-corrected chi connectivity index (χ4v) is 1.26. The van der Waals surface area contributed by atoms with Gasteiger partial charge in [0.1, 0.15) is 6.10 Å². The van der Waals surface area contributed by atoms with Crippen molar-refractivity contribution in [2.24, 2.45) is 0 Å². The summed E-state index contributed by atoms with van der Waals surface area (Å²) in [6, 6.07) is 0. The van der Waals surface area contributed by atoms with Crippen molar-refractivity contribution < 1.29 is 9.15 Å². The zero-order valence-electron chi connectivity index (χ0n) is 6.19. The number of rotatable bonds is 1. The van der Waals surface area contributed by atoms with Gasteiger partial charge in [-0.2, -0.15) is 0 Å². The van der Waals surface area contributed by atoms with E-state index in [2.05, 4.69) is 10.2 Å². The first-order valence-electron chi connectivity index (χ1n) is 3.84. The summed E-state index contributed by atoms with van der Waals surface area (Å²) < 4.78 is 10.5. The van der Waals surface area contributed by atoms with E-state index in [9.17, 15) is 0 Å². The van der Waals surface area contributed by atoms with Crippen LogP contribution in [-0.4, -0.2) is 16.8 Å². The maximum Gasteiger partial charge on any atom is 0.244 e. The van der Waals surface area contributed by atoms with Gasteiger partial charge in [0.05, 0.1) is 0 Å². The van der Waals surface area contributed by atoms with Gasteiger partial charge in [0.25, 0.3) is 0 Å². The Balaban J connectivity index is 2.04. The van der Waals surface area contributed by atoms with Crippen LogP contribution in [0.3, 0.4) is 0 Å². The Bertz CT molecular complexity index is 204. The second-order valence-corrected chi connectivity index (χ2v) is 2.63. The van der Waals surface area contributed by atoms with Crippen molar-refractivity contribution in [1.82, 2.24) is 10.2 Å². The molecule has 11 heavy (non-hydrogen) atoms. The molecule has 0 saturated carbocycles. The molecule has 1 fully saturated rings. The van der Waals surface area contributed by atoms with Crippen LogP contribution in [0.2, 0.25) is 0 Å². The van der Waals surface area contributed by atoms with Gasteiger partial charge in [-0.1, -0.05) is 0 Å². The molecule has 1 atom stereocenters. The average Bonchev–Trinajstić information content (AvgIpc) is 2.58. The standard InChI is InChI=1S/C7H10N2O2/c1-2-4-10-6(3-1)7-9-8-5-11-7/h5-6H,1-4H2. The van der Waals surface area contributed by atoms with E-state index in [1.54, 1.807) is 0 Å². The largest absolute Gasteiger partial charge is 0.425 e. The first-order valence-corrected chi connectivity index (χ1v) is 3.84. The summed E-state index contributed by atoms with van der Waals surface area (Å²) in [7, 11) is 0. The molecule has 0 aromatic carbocycles. The van der Waals surface area contributed by atoms with Crippen molar-refractivity contribution in [3.8, 4) is 0 Å². The molecule has 1 saturated heterocycles. The van der Waals surface area contributed by atoms with Crippen molar-refractivity contribution in [2.45, 2.75) is 25.4 Å². The molecule has 0 amide bonds. The van der Waals surface area contributed by atoms with E-state index in [4.69, 9.17) is 9.15 Å². The molecular formula is C7H10N2O2. The third kappa shape index (κ3) is 1.40. The zero-order chi connectivity index (χ0) is 7.52. The molecule has 4 nitrogen and oxygen atoms in total. The molecule has 0 spiro atoms. The van der Waals surface area contributed by atoms with E-state index in [0.29, 0.717) is 5.89 Å². The number of ether oxygens (including phenoxy) is 1. The van der Waals surface area contributed by atoms with Crippen LogP contribution in [0.4, 0.5) is 0 Å². The summed E-state index contributed by atoms with van der Waals surface area (Å²) in [6.07, 6.45) is 4.72. The highest BCUT2D eigenvalue weighted by molar-refractivity contribution is 4.82. The average molecular weight is 154 g/mol. The van der Waals surface area contributed by atoms with Crippen LogP contribution >= 0.6 is 0 Å². The molecule has 1 unspecified atom stereocenters. The molecule has 0 bridgehead atoms. The van der Waals surface area contributed by atoms with Gasteiger partial charge < -0.3 is 9.15 Å². The Morgan fingerprint density at radius 3 is 3.09 bits per heavy atom. The molecule has 1 aliphatic heterocycles. The second-order valence-electron chi connectivity index (χ2n) is 2.63. The zero-order valence-corrected chi connectivity index (χ0v) is 6.19. The first-order chi connectivity index (χ1) is 5.47. The van der Waals surface area contributed by atoms with E-state index in [1.165, 1.54) is 12.8 Å². The van der Waals surface area contributed by atoms with Gasteiger partial charge in [0, 0.05) is 6.61 Å². The maximum absolute atomic E-state index is 5.43. The Kier molecular flexibility index (Phi) is 1.85. The van der Waals surface area contributed by atoms with Gasteiger partial charge in [-0.05, 0) is 19.3 Å². The SMILES string of the molecule is c1nnc(C2CCCCO2)o1. The summed E-state index contributed by atoms with van der Waals surface area (Å²) in [5.74, 6) is 0.615. The summed E-state index contributed by atoms with van der Waals surface area (Å²) in [5.41, 5.74) is 0. The predicted molar refractivity (Wildman–Crippen MR) is 36.8 cm³/mol. The van der Waals surface area contributed by atoms with E-state index < -0.39 is 0 Å². The van der Waals surface area contributed by atoms with Crippen LogP contribution in [0.25, 0.3) is 0 Å². The predicted octanol–water partition coefficient (Wildman–Crippen LogP) is 1.31. The lowest BCUT2D eigenvalue weighted by Gasteiger charge is -2.18. The van der Waals surface area contributed by atoms with Crippen LogP contribution in [0.5, 0.6) is 0 Å². The molecular weight excluding hydrogens is 144 g/mol. The minimum atomic E-state index is 0.0475. The maximum atomic E-state index is 5.43. The van der Waals surface area contributed by atoms with Gasteiger partial charge in [-0.25, -0.2) is 0 Å². The van der Waals surface area contributed by atoms with Crippen molar-refractivity contribution >= 4 is 0 Å². The third-order valence-electron chi connectivity index (χ3n) is 1.83. The van der Waals surface area contributed by atoms with Crippen LogP contribution in [0, 0.1) is 0 Å². The Hall–Kier alpha value is -0.900. The Morgan fingerprint density at radius 1 is 1.45 bits per heavy atom. The lowest BCUT2D eigenvalue weighted by molar-refractivity contribution is -0.00157. The van der Waals surface area contributed by atoms with E-state index in [0.717, 1.165) is 19.4 Å². The van der Waals surface area contributed by atoms with Crippen LogP contribution in [-0.2, 0) is 4.74 Å². The number of nitrogens with zero attached hydrogens (tertiary/aromatic N) is 2. The first kappa shape index (κ1) is 6.79. The normalized spacial score (nSPS) is 25.3.